The Labute approximate surface area is 158 Å². The Morgan fingerprint density at radius 1 is 1.11 bits per heavy atom. The Kier molecular flexibility index (Phi) is 5.54. The van der Waals surface area contributed by atoms with Crippen molar-refractivity contribution in [2.45, 2.75) is 19.4 Å². The molecule has 1 unspecified atom stereocenters. The number of oxime groups is 1. The van der Waals surface area contributed by atoms with Gasteiger partial charge in [0.1, 0.15) is 7.11 Å². The number of carboxylic acid groups (broad SMARTS) is 1. The molecular weight excluding hydrogens is 344 g/mol. The van der Waals surface area contributed by atoms with E-state index in [1.165, 1.54) is 7.11 Å². The average Bonchev–Trinajstić information content (AvgIpc) is 3.11. The molecule has 27 heavy (non-hydrogen) atoms. The number of aliphatic carboxylic acids is 1. The minimum Gasteiger partial charge on any atom is -0.481 e. The van der Waals surface area contributed by atoms with E-state index in [2.05, 4.69) is 5.16 Å². The highest BCUT2D eigenvalue weighted by Gasteiger charge is 2.39. The van der Waals surface area contributed by atoms with Gasteiger partial charge in [-0.05, 0) is 30.2 Å². The quantitative estimate of drug-likeness (QED) is 0.824. The van der Waals surface area contributed by atoms with Gasteiger partial charge >= 0.3 is 5.97 Å². The summed E-state index contributed by atoms with van der Waals surface area (Å²) in [5.41, 5.74) is 3.29. The second kappa shape index (κ2) is 8.03. The molecular formula is C21H22N2O4. The first-order valence-electron chi connectivity index (χ1n) is 8.79. The van der Waals surface area contributed by atoms with Crippen LogP contribution < -0.4 is 0 Å². The molecule has 0 spiro atoms. The van der Waals surface area contributed by atoms with Crippen LogP contribution in [0.5, 0.6) is 0 Å². The number of hydrogen-bond acceptors (Lipinski definition) is 4. The van der Waals surface area contributed by atoms with Crippen LogP contribution >= 0.6 is 0 Å². The van der Waals surface area contributed by atoms with Crippen LogP contribution in [0.2, 0.25) is 0 Å². The van der Waals surface area contributed by atoms with Crippen LogP contribution in [-0.2, 0) is 9.63 Å². The Hall–Kier alpha value is -3.15. The topological polar surface area (TPSA) is 79.2 Å². The fourth-order valence-electron chi connectivity index (χ4n) is 3.36. The van der Waals surface area contributed by atoms with Crippen molar-refractivity contribution < 1.29 is 19.5 Å². The molecule has 1 saturated heterocycles. The zero-order valence-corrected chi connectivity index (χ0v) is 15.3. The van der Waals surface area contributed by atoms with E-state index in [4.69, 9.17) is 4.84 Å². The summed E-state index contributed by atoms with van der Waals surface area (Å²) in [6.45, 7) is 1.89. The van der Waals surface area contributed by atoms with Crippen molar-refractivity contribution in [3.63, 3.8) is 0 Å². The van der Waals surface area contributed by atoms with Crippen LogP contribution in [0.25, 0.3) is 11.1 Å². The lowest BCUT2D eigenvalue weighted by Crippen LogP contribution is -2.41. The van der Waals surface area contributed by atoms with Gasteiger partial charge in [0, 0.05) is 12.0 Å². The number of carbonyl (C=O) groups is 2. The molecule has 1 fully saturated rings. The number of likely N-dealkylation sites (tertiary alicyclic amines) is 1. The predicted molar refractivity (Wildman–Crippen MR) is 103 cm³/mol. The van der Waals surface area contributed by atoms with Crippen LogP contribution in [0.4, 0.5) is 0 Å². The van der Waals surface area contributed by atoms with Gasteiger partial charge < -0.3 is 14.8 Å². The monoisotopic (exact) mass is 366 g/mol. The molecule has 3 rings (SSSR count). The van der Waals surface area contributed by atoms with Crippen molar-refractivity contribution in [3.05, 3.63) is 60.2 Å². The largest absolute Gasteiger partial charge is 0.481 e. The highest BCUT2D eigenvalue weighted by atomic mass is 16.6. The van der Waals surface area contributed by atoms with Crippen molar-refractivity contribution >= 4 is 17.6 Å². The van der Waals surface area contributed by atoms with Gasteiger partial charge in [-0.2, -0.15) is 0 Å². The predicted octanol–water partition coefficient (Wildman–Crippen LogP) is 3.29. The first-order valence-corrected chi connectivity index (χ1v) is 8.79. The summed E-state index contributed by atoms with van der Waals surface area (Å²) in [4.78, 5) is 30.9. The highest BCUT2D eigenvalue weighted by Crippen LogP contribution is 2.26. The van der Waals surface area contributed by atoms with Crippen LogP contribution in [0.15, 0.2) is 59.8 Å². The molecule has 0 bridgehead atoms. The summed E-state index contributed by atoms with van der Waals surface area (Å²) in [6, 6.07) is 16.8. The molecule has 1 amide bonds. The number of hydrogen-bond donors (Lipinski definition) is 1. The fourth-order valence-corrected chi connectivity index (χ4v) is 3.36. The van der Waals surface area contributed by atoms with Crippen LogP contribution in [0.1, 0.15) is 23.7 Å². The SMILES string of the molecule is CON=C1C[C@H](C(C)C(=O)O)N(C(=O)c2ccc(-c3ccccc3)cc2)C1. The number of carboxylic acids is 1. The Morgan fingerprint density at radius 3 is 2.33 bits per heavy atom. The zero-order valence-electron chi connectivity index (χ0n) is 15.3. The second-order valence-corrected chi connectivity index (χ2v) is 6.61. The number of rotatable bonds is 5. The lowest BCUT2D eigenvalue weighted by atomic mass is 9.98. The fraction of sp³-hybridized carbons (Fsp3) is 0.286. The summed E-state index contributed by atoms with van der Waals surface area (Å²) < 4.78 is 0. The maximum Gasteiger partial charge on any atom is 0.308 e. The van der Waals surface area contributed by atoms with E-state index in [-0.39, 0.29) is 12.5 Å². The van der Waals surface area contributed by atoms with Crippen LogP contribution in [-0.4, -0.2) is 47.3 Å². The minimum absolute atomic E-state index is 0.200. The van der Waals surface area contributed by atoms with Crippen LogP contribution in [0, 0.1) is 5.92 Å². The van der Waals surface area contributed by atoms with E-state index in [1.54, 1.807) is 24.0 Å². The molecule has 1 N–H and O–H groups in total. The average molecular weight is 366 g/mol. The Morgan fingerprint density at radius 2 is 1.74 bits per heavy atom. The molecule has 1 aliphatic heterocycles. The van der Waals surface area contributed by atoms with Gasteiger partial charge in [-0.15, -0.1) is 0 Å². The van der Waals surface area contributed by atoms with E-state index in [9.17, 15) is 14.7 Å². The molecule has 140 valence electrons. The Bertz CT molecular complexity index is 846. The third kappa shape index (κ3) is 4.00. The molecule has 0 saturated carbocycles. The van der Waals surface area contributed by atoms with Gasteiger partial charge in [-0.1, -0.05) is 47.6 Å². The van der Waals surface area contributed by atoms with Crippen molar-refractivity contribution in [3.8, 4) is 11.1 Å². The lowest BCUT2D eigenvalue weighted by Gasteiger charge is -2.27. The molecule has 1 aliphatic rings. The van der Waals surface area contributed by atoms with Gasteiger partial charge in [0.25, 0.3) is 5.91 Å². The summed E-state index contributed by atoms with van der Waals surface area (Å²) in [5, 5.41) is 13.3. The normalized spacial score (nSPS) is 19.1. The number of benzene rings is 2. The first-order chi connectivity index (χ1) is 13.0. The highest BCUT2D eigenvalue weighted by molar-refractivity contribution is 6.01. The van der Waals surface area contributed by atoms with E-state index in [0.29, 0.717) is 17.7 Å². The van der Waals surface area contributed by atoms with Gasteiger partial charge in [0.2, 0.25) is 0 Å². The second-order valence-electron chi connectivity index (χ2n) is 6.61. The number of carbonyl (C=O) groups excluding carboxylic acids is 1. The zero-order chi connectivity index (χ0) is 19.4. The summed E-state index contributed by atoms with van der Waals surface area (Å²) in [6.07, 6.45) is 0.398. The third-order valence-corrected chi connectivity index (χ3v) is 4.88. The molecule has 2 atom stereocenters. The maximum absolute atomic E-state index is 13.0. The third-order valence-electron chi connectivity index (χ3n) is 4.88. The van der Waals surface area contributed by atoms with Crippen molar-refractivity contribution in [1.29, 1.82) is 0 Å². The van der Waals surface area contributed by atoms with E-state index in [0.717, 1.165) is 11.1 Å². The summed E-state index contributed by atoms with van der Waals surface area (Å²) in [5.74, 6) is -1.83. The smallest absolute Gasteiger partial charge is 0.308 e. The van der Waals surface area contributed by atoms with Crippen molar-refractivity contribution in [1.82, 2.24) is 4.90 Å². The van der Waals surface area contributed by atoms with Gasteiger partial charge in [-0.25, -0.2) is 0 Å². The Balaban J connectivity index is 1.84. The molecule has 2 aromatic carbocycles. The van der Waals surface area contributed by atoms with E-state index >= 15 is 0 Å². The maximum atomic E-state index is 13.0. The molecule has 0 aromatic heterocycles. The van der Waals surface area contributed by atoms with Crippen molar-refractivity contribution in [2.75, 3.05) is 13.7 Å². The lowest BCUT2D eigenvalue weighted by molar-refractivity contribution is -0.142. The summed E-state index contributed by atoms with van der Waals surface area (Å²) >= 11 is 0. The molecule has 6 heteroatoms. The van der Waals surface area contributed by atoms with E-state index < -0.39 is 17.9 Å². The van der Waals surface area contributed by atoms with Gasteiger partial charge in [0.05, 0.1) is 24.2 Å². The standard InChI is InChI=1S/C21H22N2O4/c1-14(21(25)26)19-12-18(22-27-2)13-23(19)20(24)17-10-8-16(9-11-17)15-6-4-3-5-7-15/h3-11,14,19H,12-13H2,1-2H3,(H,25,26)/t14?,19-/m1/s1. The minimum atomic E-state index is -0.934. The molecule has 6 nitrogen and oxygen atoms in total. The van der Waals surface area contributed by atoms with Gasteiger partial charge in [-0.3, -0.25) is 9.59 Å². The molecule has 0 radical (unpaired) electrons. The summed E-state index contributed by atoms with van der Waals surface area (Å²) in [7, 11) is 1.44. The molecule has 2 aromatic rings. The number of nitrogens with zero attached hydrogens (tertiary/aromatic N) is 2. The van der Waals surface area contributed by atoms with Gasteiger partial charge in [0.15, 0.2) is 0 Å². The van der Waals surface area contributed by atoms with E-state index in [1.807, 2.05) is 42.5 Å². The van der Waals surface area contributed by atoms with Crippen LogP contribution in [0.3, 0.4) is 0 Å². The van der Waals surface area contributed by atoms with Crippen molar-refractivity contribution in [2.24, 2.45) is 11.1 Å². The number of amides is 1. The first kappa shape index (κ1) is 18.6. The molecule has 0 aliphatic carbocycles. The molecule has 1 heterocycles.